The summed E-state index contributed by atoms with van der Waals surface area (Å²) in [5.41, 5.74) is 11.3. The van der Waals surface area contributed by atoms with E-state index in [2.05, 4.69) is 147 Å². The van der Waals surface area contributed by atoms with Gasteiger partial charge in [-0.25, -0.2) is 15.0 Å². The van der Waals surface area contributed by atoms with Gasteiger partial charge in [0.2, 0.25) is 0 Å². The first-order chi connectivity index (χ1) is 26.7. The van der Waals surface area contributed by atoms with Gasteiger partial charge in [0.05, 0.1) is 0 Å². The summed E-state index contributed by atoms with van der Waals surface area (Å²) in [6.07, 6.45) is 21.9. The van der Waals surface area contributed by atoms with E-state index < -0.39 is 0 Å². The third kappa shape index (κ3) is 5.66. The summed E-state index contributed by atoms with van der Waals surface area (Å²) in [4.78, 5) is 15.8. The zero-order chi connectivity index (χ0) is 36.0. The Morgan fingerprint density at radius 2 is 1.43 bits per heavy atom. The lowest BCUT2D eigenvalue weighted by molar-refractivity contribution is 0.600. The molecule has 0 bridgehead atoms. The van der Waals surface area contributed by atoms with E-state index in [1.807, 2.05) is 18.2 Å². The molecular formula is C50H39N3O. The maximum atomic E-state index is 6.70. The number of aromatic nitrogens is 3. The van der Waals surface area contributed by atoms with Gasteiger partial charge >= 0.3 is 0 Å². The highest BCUT2D eigenvalue weighted by atomic mass is 16.3. The fourth-order valence-corrected chi connectivity index (χ4v) is 8.49. The van der Waals surface area contributed by atoms with Crippen LogP contribution in [0.25, 0.3) is 66.4 Å². The first kappa shape index (κ1) is 32.3. The molecule has 2 atom stereocenters. The number of benzene rings is 5. The molecule has 0 radical (unpaired) electrons. The Bertz CT molecular complexity index is 2790. The third-order valence-electron chi connectivity index (χ3n) is 11.2. The van der Waals surface area contributed by atoms with Gasteiger partial charge in [-0.15, -0.1) is 0 Å². The van der Waals surface area contributed by atoms with Crippen molar-refractivity contribution in [3.05, 3.63) is 186 Å². The second-order valence-corrected chi connectivity index (χ2v) is 14.6. The Morgan fingerprint density at radius 1 is 0.648 bits per heavy atom. The Hall–Kier alpha value is -6.39. The van der Waals surface area contributed by atoms with Crippen molar-refractivity contribution in [3.63, 3.8) is 0 Å². The Labute approximate surface area is 315 Å². The molecule has 0 amide bonds. The van der Waals surface area contributed by atoms with Gasteiger partial charge in [0.25, 0.3) is 0 Å². The molecule has 4 heteroatoms. The van der Waals surface area contributed by atoms with Gasteiger partial charge in [-0.05, 0) is 76.3 Å². The highest BCUT2D eigenvalue weighted by Gasteiger charge is 2.27. The van der Waals surface area contributed by atoms with Crippen LogP contribution < -0.4 is 0 Å². The predicted octanol–water partition coefficient (Wildman–Crippen LogP) is 13.0. The van der Waals surface area contributed by atoms with Crippen molar-refractivity contribution in [2.75, 3.05) is 0 Å². The first-order valence-corrected chi connectivity index (χ1v) is 19.1. The molecule has 0 aliphatic heterocycles. The normalized spacial score (nSPS) is 18.5. The maximum absolute atomic E-state index is 6.70. The van der Waals surface area contributed by atoms with Crippen molar-refractivity contribution in [3.8, 4) is 11.4 Å². The van der Waals surface area contributed by atoms with Gasteiger partial charge < -0.3 is 4.42 Å². The lowest BCUT2D eigenvalue weighted by Crippen LogP contribution is -2.15. The topological polar surface area (TPSA) is 51.8 Å². The van der Waals surface area contributed by atoms with Gasteiger partial charge in [-0.2, -0.15) is 0 Å². The summed E-state index contributed by atoms with van der Waals surface area (Å²) in [6, 6.07) is 38.5. The van der Waals surface area contributed by atoms with E-state index in [1.165, 1.54) is 44.2 Å². The highest BCUT2D eigenvalue weighted by Crippen LogP contribution is 2.44. The quantitative estimate of drug-likeness (QED) is 0.174. The molecule has 0 saturated carbocycles. The standard InChI is InChI=1S/C50H39N3O/c1-32-31-36(39-25-14-20-33-17-8-9-21-38(33)39)27-28-37(32)49-51-48(35-18-6-3-7-19-35)52-50(53-49)43-23-11-10-22-41(43)42-30-29-40(34-15-4-2-5-16-34)47-46(42)44-24-12-13-26-45(44)54-47/h2-4,6-9,11-15,17-21,23-32,37H,5,10,16,22H2,1H3. The predicted molar refractivity (Wildman–Crippen MR) is 223 cm³/mol. The molecule has 260 valence electrons. The molecule has 0 fully saturated rings. The van der Waals surface area contributed by atoms with Gasteiger partial charge in [-0.3, -0.25) is 0 Å². The van der Waals surface area contributed by atoms with Crippen molar-refractivity contribution in [1.29, 1.82) is 0 Å². The third-order valence-corrected chi connectivity index (χ3v) is 11.2. The molecule has 0 saturated heterocycles. The zero-order valence-corrected chi connectivity index (χ0v) is 30.2. The molecule has 0 N–H and O–H groups in total. The molecular weight excluding hydrogens is 659 g/mol. The average molecular weight is 698 g/mol. The van der Waals surface area contributed by atoms with Gasteiger partial charge in [0.1, 0.15) is 17.0 Å². The Kier molecular flexibility index (Phi) is 8.10. The average Bonchev–Trinajstić information content (AvgIpc) is 3.63. The van der Waals surface area contributed by atoms with E-state index in [0.717, 1.165) is 64.6 Å². The van der Waals surface area contributed by atoms with Crippen LogP contribution in [0.4, 0.5) is 0 Å². The molecule has 2 heterocycles. The number of rotatable bonds is 6. The lowest BCUT2D eigenvalue weighted by atomic mass is 9.83. The fraction of sp³-hybridized carbons (Fsp3) is 0.140. The van der Waals surface area contributed by atoms with E-state index >= 15 is 0 Å². The Morgan fingerprint density at radius 3 is 2.30 bits per heavy atom. The number of nitrogens with zero attached hydrogens (tertiary/aromatic N) is 3. The zero-order valence-electron chi connectivity index (χ0n) is 30.2. The first-order valence-electron chi connectivity index (χ1n) is 19.1. The van der Waals surface area contributed by atoms with Crippen molar-refractivity contribution in [2.24, 2.45) is 5.92 Å². The molecule has 7 aromatic rings. The minimum atomic E-state index is -0.00816. The minimum absolute atomic E-state index is 0.00816. The van der Waals surface area contributed by atoms with Crippen molar-refractivity contribution >= 4 is 55.0 Å². The molecule has 2 aromatic heterocycles. The maximum Gasteiger partial charge on any atom is 0.164 e. The molecule has 0 spiro atoms. The summed E-state index contributed by atoms with van der Waals surface area (Å²) in [5.74, 6) is 2.35. The summed E-state index contributed by atoms with van der Waals surface area (Å²) >= 11 is 0. The van der Waals surface area contributed by atoms with E-state index in [1.54, 1.807) is 0 Å². The van der Waals surface area contributed by atoms with Crippen LogP contribution >= 0.6 is 0 Å². The summed E-state index contributed by atoms with van der Waals surface area (Å²) in [7, 11) is 0. The van der Waals surface area contributed by atoms with E-state index in [4.69, 9.17) is 19.4 Å². The molecule has 54 heavy (non-hydrogen) atoms. The molecule has 3 aliphatic rings. The van der Waals surface area contributed by atoms with Crippen LogP contribution in [0.15, 0.2) is 162 Å². The summed E-state index contributed by atoms with van der Waals surface area (Å²) < 4.78 is 6.70. The second kappa shape index (κ2) is 13.5. The molecule has 5 aromatic carbocycles. The SMILES string of the molecule is CC1C=C(c2cccc3ccccc23)C=CC1c1nc(C2=C(c3ccc(C4=CC=CCC4)c4oc5ccccc5c34)CCC=C2)nc(-c2ccccc2)n1. The van der Waals surface area contributed by atoms with Crippen molar-refractivity contribution < 1.29 is 4.42 Å². The minimum Gasteiger partial charge on any atom is -0.455 e. The molecule has 2 unspecified atom stereocenters. The Balaban J connectivity index is 1.13. The van der Waals surface area contributed by atoms with Gasteiger partial charge in [-0.1, -0.05) is 159 Å². The largest absolute Gasteiger partial charge is 0.455 e. The van der Waals surface area contributed by atoms with Crippen LogP contribution in [0.1, 0.15) is 66.9 Å². The molecule has 4 nitrogen and oxygen atoms in total. The van der Waals surface area contributed by atoms with Crippen LogP contribution in [0.2, 0.25) is 0 Å². The van der Waals surface area contributed by atoms with Crippen LogP contribution in [-0.2, 0) is 0 Å². The summed E-state index contributed by atoms with van der Waals surface area (Å²) in [5, 5.41) is 4.80. The van der Waals surface area contributed by atoms with E-state index in [9.17, 15) is 0 Å². The van der Waals surface area contributed by atoms with E-state index in [0.29, 0.717) is 11.6 Å². The van der Waals surface area contributed by atoms with Gasteiger partial charge in [0, 0.05) is 33.4 Å². The van der Waals surface area contributed by atoms with Crippen LogP contribution in [0.3, 0.4) is 0 Å². The monoisotopic (exact) mass is 697 g/mol. The van der Waals surface area contributed by atoms with Gasteiger partial charge in [0.15, 0.2) is 11.6 Å². The highest BCUT2D eigenvalue weighted by molar-refractivity contribution is 6.15. The number of hydrogen-bond acceptors (Lipinski definition) is 4. The van der Waals surface area contributed by atoms with Crippen LogP contribution in [-0.4, -0.2) is 15.0 Å². The number of hydrogen-bond donors (Lipinski definition) is 0. The number of fused-ring (bicyclic) bond motifs is 4. The number of para-hydroxylation sites is 1. The molecule has 10 rings (SSSR count). The molecule has 3 aliphatic carbocycles. The van der Waals surface area contributed by atoms with Crippen LogP contribution in [0.5, 0.6) is 0 Å². The van der Waals surface area contributed by atoms with Crippen molar-refractivity contribution in [1.82, 2.24) is 15.0 Å². The lowest BCUT2D eigenvalue weighted by Gasteiger charge is -2.24. The number of furan rings is 1. The van der Waals surface area contributed by atoms with Crippen LogP contribution in [0, 0.1) is 5.92 Å². The summed E-state index contributed by atoms with van der Waals surface area (Å²) in [6.45, 7) is 2.27. The van der Waals surface area contributed by atoms with Crippen molar-refractivity contribution in [2.45, 2.75) is 38.5 Å². The fourth-order valence-electron chi connectivity index (χ4n) is 8.49. The second-order valence-electron chi connectivity index (χ2n) is 14.6. The smallest absolute Gasteiger partial charge is 0.164 e. The van der Waals surface area contributed by atoms with E-state index in [-0.39, 0.29) is 11.8 Å². The number of allylic oxidation sites excluding steroid dienone is 12.